The van der Waals surface area contributed by atoms with Gasteiger partial charge >= 0.3 is 5.97 Å². The molecule has 2 rings (SSSR count). The molecule has 86 valence electrons. The van der Waals surface area contributed by atoms with Crippen molar-refractivity contribution in [3.8, 4) is 0 Å². The molecule has 0 amide bonds. The highest BCUT2D eigenvalue weighted by Crippen LogP contribution is 2.18. The molecule has 0 aliphatic rings. The SMILES string of the molecule is C/C(=C/c1ccccc1)c1[nH]ncc1C(=O)O. The number of carboxylic acids is 1. The average Bonchev–Trinajstić information content (AvgIpc) is 2.79. The zero-order valence-corrected chi connectivity index (χ0v) is 9.34. The van der Waals surface area contributed by atoms with Crippen molar-refractivity contribution in [1.29, 1.82) is 0 Å². The summed E-state index contributed by atoms with van der Waals surface area (Å²) in [6, 6.07) is 9.72. The number of allylic oxidation sites excluding steroid dienone is 1. The number of nitrogens with one attached hydrogen (secondary N) is 1. The second-order valence-electron chi connectivity index (χ2n) is 3.70. The molecule has 1 aromatic carbocycles. The van der Waals surface area contributed by atoms with Crippen LogP contribution in [0.5, 0.6) is 0 Å². The molecule has 0 aliphatic heterocycles. The van der Waals surface area contributed by atoms with Crippen molar-refractivity contribution < 1.29 is 9.90 Å². The Morgan fingerprint density at radius 1 is 1.35 bits per heavy atom. The third-order valence-corrected chi connectivity index (χ3v) is 2.45. The lowest BCUT2D eigenvalue weighted by Gasteiger charge is -2.00. The van der Waals surface area contributed by atoms with Crippen LogP contribution in [0.2, 0.25) is 0 Å². The Kier molecular flexibility index (Phi) is 3.05. The normalized spacial score (nSPS) is 11.5. The number of rotatable bonds is 3. The van der Waals surface area contributed by atoms with E-state index >= 15 is 0 Å². The van der Waals surface area contributed by atoms with Gasteiger partial charge in [-0.05, 0) is 24.1 Å². The Morgan fingerprint density at radius 3 is 2.71 bits per heavy atom. The summed E-state index contributed by atoms with van der Waals surface area (Å²) >= 11 is 0. The second-order valence-corrected chi connectivity index (χ2v) is 3.70. The Bertz CT molecular complexity index is 556. The van der Waals surface area contributed by atoms with Crippen LogP contribution in [0.3, 0.4) is 0 Å². The van der Waals surface area contributed by atoms with E-state index in [0.29, 0.717) is 5.69 Å². The van der Waals surface area contributed by atoms with Gasteiger partial charge in [-0.1, -0.05) is 30.3 Å². The molecule has 0 spiro atoms. The van der Waals surface area contributed by atoms with Gasteiger partial charge in [-0.3, -0.25) is 5.10 Å². The van der Waals surface area contributed by atoms with Crippen LogP contribution < -0.4 is 0 Å². The number of aromatic amines is 1. The minimum atomic E-state index is -0.977. The molecular weight excluding hydrogens is 216 g/mol. The van der Waals surface area contributed by atoms with E-state index in [4.69, 9.17) is 5.11 Å². The van der Waals surface area contributed by atoms with Crippen LogP contribution in [0.25, 0.3) is 11.6 Å². The topological polar surface area (TPSA) is 66.0 Å². The first-order valence-electron chi connectivity index (χ1n) is 5.19. The molecule has 17 heavy (non-hydrogen) atoms. The second kappa shape index (κ2) is 4.65. The molecule has 0 saturated carbocycles. The van der Waals surface area contributed by atoms with Crippen LogP contribution in [-0.4, -0.2) is 21.3 Å². The van der Waals surface area contributed by atoms with E-state index in [9.17, 15) is 4.79 Å². The largest absolute Gasteiger partial charge is 0.478 e. The van der Waals surface area contributed by atoms with Gasteiger partial charge in [-0.2, -0.15) is 5.10 Å². The predicted octanol–water partition coefficient (Wildman–Crippen LogP) is 2.67. The first kappa shape index (κ1) is 11.1. The summed E-state index contributed by atoms with van der Waals surface area (Å²) < 4.78 is 0. The molecule has 4 nitrogen and oxygen atoms in total. The summed E-state index contributed by atoms with van der Waals surface area (Å²) in [4.78, 5) is 11.0. The number of aromatic carboxylic acids is 1. The van der Waals surface area contributed by atoms with Gasteiger partial charge in [-0.15, -0.1) is 0 Å². The third kappa shape index (κ3) is 2.42. The molecule has 1 aromatic heterocycles. The number of nitrogens with zero attached hydrogens (tertiary/aromatic N) is 1. The molecule has 0 aliphatic carbocycles. The van der Waals surface area contributed by atoms with Crippen molar-refractivity contribution in [3.63, 3.8) is 0 Å². The van der Waals surface area contributed by atoms with Gasteiger partial charge < -0.3 is 5.11 Å². The zero-order valence-electron chi connectivity index (χ0n) is 9.34. The molecular formula is C13H12N2O2. The number of aromatic nitrogens is 2. The molecule has 0 unspecified atom stereocenters. The fourth-order valence-corrected chi connectivity index (χ4v) is 1.62. The Morgan fingerprint density at radius 2 is 2.06 bits per heavy atom. The van der Waals surface area contributed by atoms with E-state index in [2.05, 4.69) is 10.2 Å². The van der Waals surface area contributed by atoms with Crippen LogP contribution in [0.1, 0.15) is 28.5 Å². The number of hydrogen-bond donors (Lipinski definition) is 2. The maximum atomic E-state index is 11.0. The van der Waals surface area contributed by atoms with Gasteiger partial charge in [0.2, 0.25) is 0 Å². The minimum Gasteiger partial charge on any atom is -0.478 e. The fraction of sp³-hybridized carbons (Fsp3) is 0.0769. The lowest BCUT2D eigenvalue weighted by atomic mass is 10.1. The molecule has 2 aromatic rings. The van der Waals surface area contributed by atoms with E-state index < -0.39 is 5.97 Å². The van der Waals surface area contributed by atoms with Gasteiger partial charge in [0.15, 0.2) is 0 Å². The average molecular weight is 228 g/mol. The fourth-order valence-electron chi connectivity index (χ4n) is 1.62. The molecule has 2 N–H and O–H groups in total. The highest BCUT2D eigenvalue weighted by molar-refractivity contribution is 5.95. The van der Waals surface area contributed by atoms with Crippen LogP contribution >= 0.6 is 0 Å². The van der Waals surface area contributed by atoms with E-state index in [-0.39, 0.29) is 5.56 Å². The monoisotopic (exact) mass is 228 g/mol. The van der Waals surface area contributed by atoms with Gasteiger partial charge in [-0.25, -0.2) is 4.79 Å². The number of carboxylic acid groups (broad SMARTS) is 1. The lowest BCUT2D eigenvalue weighted by Crippen LogP contribution is -1.98. The van der Waals surface area contributed by atoms with Crippen molar-refractivity contribution in [2.45, 2.75) is 6.92 Å². The Hall–Kier alpha value is -2.36. The highest BCUT2D eigenvalue weighted by atomic mass is 16.4. The van der Waals surface area contributed by atoms with Crippen LogP contribution in [-0.2, 0) is 0 Å². The number of benzene rings is 1. The van der Waals surface area contributed by atoms with Crippen molar-refractivity contribution in [2.75, 3.05) is 0 Å². The smallest absolute Gasteiger partial charge is 0.339 e. The molecule has 0 atom stereocenters. The summed E-state index contributed by atoms with van der Waals surface area (Å²) in [5.74, 6) is -0.977. The van der Waals surface area contributed by atoms with Gasteiger partial charge in [0.05, 0.1) is 11.9 Å². The number of H-pyrrole nitrogens is 1. The maximum absolute atomic E-state index is 11.0. The number of carbonyl (C=O) groups is 1. The van der Waals surface area contributed by atoms with Crippen molar-refractivity contribution >= 4 is 17.6 Å². The summed E-state index contributed by atoms with van der Waals surface area (Å²) in [5.41, 5.74) is 2.60. The zero-order chi connectivity index (χ0) is 12.3. The molecule has 0 saturated heterocycles. The van der Waals surface area contributed by atoms with Crippen LogP contribution in [0.15, 0.2) is 36.5 Å². The highest BCUT2D eigenvalue weighted by Gasteiger charge is 2.13. The van der Waals surface area contributed by atoms with Gasteiger partial charge in [0.1, 0.15) is 5.56 Å². The van der Waals surface area contributed by atoms with Crippen molar-refractivity contribution in [3.05, 3.63) is 53.3 Å². The summed E-state index contributed by atoms with van der Waals surface area (Å²) in [5, 5.41) is 15.4. The van der Waals surface area contributed by atoms with E-state index in [1.165, 1.54) is 6.20 Å². The first-order valence-corrected chi connectivity index (χ1v) is 5.19. The summed E-state index contributed by atoms with van der Waals surface area (Å²) in [7, 11) is 0. The molecule has 1 heterocycles. The van der Waals surface area contributed by atoms with E-state index in [1.54, 1.807) is 0 Å². The van der Waals surface area contributed by atoms with Gasteiger partial charge in [0.25, 0.3) is 0 Å². The summed E-state index contributed by atoms with van der Waals surface area (Å²) in [6.45, 7) is 1.85. The Labute approximate surface area is 98.6 Å². The van der Waals surface area contributed by atoms with Crippen molar-refractivity contribution in [2.24, 2.45) is 0 Å². The summed E-state index contributed by atoms with van der Waals surface area (Å²) in [6.07, 6.45) is 3.24. The van der Waals surface area contributed by atoms with E-state index in [0.717, 1.165) is 11.1 Å². The predicted molar refractivity (Wildman–Crippen MR) is 65.5 cm³/mol. The molecule has 0 radical (unpaired) electrons. The third-order valence-electron chi connectivity index (χ3n) is 2.45. The van der Waals surface area contributed by atoms with Crippen molar-refractivity contribution in [1.82, 2.24) is 10.2 Å². The molecule has 0 fully saturated rings. The van der Waals surface area contributed by atoms with Crippen LogP contribution in [0.4, 0.5) is 0 Å². The number of hydrogen-bond acceptors (Lipinski definition) is 2. The quantitative estimate of drug-likeness (QED) is 0.848. The molecule has 0 bridgehead atoms. The maximum Gasteiger partial charge on any atom is 0.339 e. The first-order chi connectivity index (χ1) is 8.18. The Balaban J connectivity index is 2.37. The van der Waals surface area contributed by atoms with Gasteiger partial charge in [0, 0.05) is 0 Å². The lowest BCUT2D eigenvalue weighted by molar-refractivity contribution is 0.0696. The van der Waals surface area contributed by atoms with E-state index in [1.807, 2.05) is 43.3 Å². The molecule has 4 heteroatoms. The minimum absolute atomic E-state index is 0.190. The van der Waals surface area contributed by atoms with Crippen LogP contribution in [0, 0.1) is 0 Å². The standard InChI is InChI=1S/C13H12N2O2/c1-9(7-10-5-3-2-4-6-10)12-11(13(16)17)8-14-15-12/h2-8H,1H3,(H,14,15)(H,16,17)/b9-7-.